The van der Waals surface area contributed by atoms with E-state index in [4.69, 9.17) is 0 Å². The van der Waals surface area contributed by atoms with Crippen LogP contribution in [-0.2, 0) is 13.0 Å². The molecule has 5 heteroatoms. The van der Waals surface area contributed by atoms with Crippen LogP contribution in [0.5, 0.6) is 0 Å². The predicted octanol–water partition coefficient (Wildman–Crippen LogP) is 2.88. The molecule has 0 radical (unpaired) electrons. The van der Waals surface area contributed by atoms with Crippen molar-refractivity contribution in [2.75, 3.05) is 5.32 Å². The normalized spacial score (nSPS) is 15.1. The van der Waals surface area contributed by atoms with Gasteiger partial charge < -0.3 is 5.32 Å². The van der Waals surface area contributed by atoms with Crippen LogP contribution in [0.1, 0.15) is 35.9 Å². The van der Waals surface area contributed by atoms with Gasteiger partial charge in [-0.1, -0.05) is 6.92 Å². The van der Waals surface area contributed by atoms with Gasteiger partial charge in [0.2, 0.25) is 0 Å². The molecule has 0 aliphatic heterocycles. The van der Waals surface area contributed by atoms with Crippen molar-refractivity contribution in [3.63, 3.8) is 0 Å². The van der Waals surface area contributed by atoms with Gasteiger partial charge in [-0.2, -0.15) is 5.10 Å². The lowest BCUT2D eigenvalue weighted by atomic mass is 9.93. The number of hydrogen-bond donors (Lipinski definition) is 1. The lowest BCUT2D eigenvalue weighted by Crippen LogP contribution is -2.29. The largest absolute Gasteiger partial charge is 0.381 e. The number of rotatable bonds is 5. The molecule has 20 heavy (non-hydrogen) atoms. The third-order valence-electron chi connectivity index (χ3n) is 3.72. The summed E-state index contributed by atoms with van der Waals surface area (Å²) in [6.45, 7) is 2.70. The van der Waals surface area contributed by atoms with Crippen molar-refractivity contribution < 1.29 is 0 Å². The predicted molar refractivity (Wildman–Crippen MR) is 82.6 cm³/mol. The smallest absolute Gasteiger partial charge is 0.269 e. The van der Waals surface area contributed by atoms with Crippen molar-refractivity contribution in [2.45, 2.75) is 45.2 Å². The third kappa shape index (κ3) is 2.93. The van der Waals surface area contributed by atoms with E-state index in [1.54, 1.807) is 23.6 Å². The molecule has 1 fully saturated rings. The maximum Gasteiger partial charge on any atom is 0.269 e. The number of anilines is 1. The Balaban J connectivity index is 1.71. The number of nitrogens with zero attached hydrogens (tertiary/aromatic N) is 2. The van der Waals surface area contributed by atoms with Gasteiger partial charge in [-0.15, -0.1) is 11.3 Å². The van der Waals surface area contributed by atoms with Crippen molar-refractivity contribution in [3.8, 4) is 0 Å². The molecule has 1 aliphatic rings. The molecule has 0 aromatic carbocycles. The number of aryl methyl sites for hydroxylation is 1. The van der Waals surface area contributed by atoms with Gasteiger partial charge in [-0.3, -0.25) is 4.79 Å². The first-order valence-electron chi connectivity index (χ1n) is 7.16. The Hall–Kier alpha value is -1.62. The van der Waals surface area contributed by atoms with E-state index in [9.17, 15) is 4.79 Å². The van der Waals surface area contributed by atoms with Crippen LogP contribution in [0.4, 0.5) is 5.69 Å². The minimum absolute atomic E-state index is 0.0410. The Kier molecular flexibility index (Phi) is 3.87. The van der Waals surface area contributed by atoms with Crippen molar-refractivity contribution in [2.24, 2.45) is 0 Å². The van der Waals surface area contributed by atoms with E-state index in [0.717, 1.165) is 12.1 Å². The van der Waals surface area contributed by atoms with Gasteiger partial charge in [-0.25, -0.2) is 4.68 Å². The molecule has 2 aromatic heterocycles. The molecule has 2 aromatic rings. The van der Waals surface area contributed by atoms with Crippen molar-refractivity contribution in [1.29, 1.82) is 0 Å². The molecule has 0 amide bonds. The Bertz CT molecular complexity index is 643. The average Bonchev–Trinajstić information content (AvgIpc) is 2.85. The first-order chi connectivity index (χ1) is 9.74. The fraction of sp³-hybridized carbons (Fsp3) is 0.467. The molecule has 1 aliphatic carbocycles. The van der Waals surface area contributed by atoms with E-state index in [1.165, 1.54) is 33.7 Å². The molecule has 1 N–H and O–H groups in total. The van der Waals surface area contributed by atoms with Crippen LogP contribution in [0, 0.1) is 0 Å². The minimum Gasteiger partial charge on any atom is -0.381 e. The van der Waals surface area contributed by atoms with Crippen LogP contribution in [0.25, 0.3) is 0 Å². The monoisotopic (exact) mass is 289 g/mol. The molecule has 0 spiro atoms. The summed E-state index contributed by atoms with van der Waals surface area (Å²) in [5, 5.41) is 7.62. The van der Waals surface area contributed by atoms with E-state index in [0.29, 0.717) is 12.6 Å². The van der Waals surface area contributed by atoms with Crippen molar-refractivity contribution in [1.82, 2.24) is 9.78 Å². The summed E-state index contributed by atoms with van der Waals surface area (Å²) in [5.74, 6) is 0. The highest BCUT2D eigenvalue weighted by Gasteiger charge is 2.17. The van der Waals surface area contributed by atoms with Crippen LogP contribution in [0.2, 0.25) is 0 Å². The van der Waals surface area contributed by atoms with Crippen LogP contribution < -0.4 is 10.9 Å². The summed E-state index contributed by atoms with van der Waals surface area (Å²) in [7, 11) is 0. The van der Waals surface area contributed by atoms with E-state index < -0.39 is 0 Å². The molecule has 0 saturated heterocycles. The maximum absolute atomic E-state index is 12.1. The van der Waals surface area contributed by atoms with E-state index in [1.807, 2.05) is 0 Å². The molecular formula is C15H19N3OS. The highest BCUT2D eigenvalue weighted by molar-refractivity contribution is 7.11. The summed E-state index contributed by atoms with van der Waals surface area (Å²) in [4.78, 5) is 14.6. The highest BCUT2D eigenvalue weighted by atomic mass is 32.1. The number of thiophene rings is 1. The summed E-state index contributed by atoms with van der Waals surface area (Å²) < 4.78 is 1.53. The lowest BCUT2D eigenvalue weighted by molar-refractivity contribution is 0.445. The fourth-order valence-corrected chi connectivity index (χ4v) is 3.20. The van der Waals surface area contributed by atoms with Gasteiger partial charge in [0.05, 0.1) is 18.4 Å². The van der Waals surface area contributed by atoms with Gasteiger partial charge in [0.15, 0.2) is 0 Å². The summed E-state index contributed by atoms with van der Waals surface area (Å²) in [6, 6.07) is 6.38. The maximum atomic E-state index is 12.1. The molecule has 0 atom stereocenters. The standard InChI is InChI=1S/C15H19N3OS/c1-2-13-6-7-14(20-13)10-18-15(19)8-12(9-16-18)17-11-4-3-5-11/h6-9,11,17H,2-5,10H2,1H3. The van der Waals surface area contributed by atoms with Gasteiger partial charge >= 0.3 is 0 Å². The second kappa shape index (κ2) is 5.79. The lowest BCUT2D eigenvalue weighted by Gasteiger charge is -2.27. The molecule has 1 saturated carbocycles. The number of hydrogen-bond acceptors (Lipinski definition) is 4. The molecule has 4 nitrogen and oxygen atoms in total. The zero-order valence-electron chi connectivity index (χ0n) is 11.6. The Morgan fingerprint density at radius 2 is 2.20 bits per heavy atom. The zero-order valence-corrected chi connectivity index (χ0v) is 12.4. The van der Waals surface area contributed by atoms with Gasteiger partial charge in [0.1, 0.15) is 0 Å². The summed E-state index contributed by atoms with van der Waals surface area (Å²) in [5.41, 5.74) is 0.803. The Labute approximate surface area is 122 Å². The molecule has 2 heterocycles. The van der Waals surface area contributed by atoms with Crippen LogP contribution in [0.3, 0.4) is 0 Å². The van der Waals surface area contributed by atoms with Gasteiger partial charge in [-0.05, 0) is 37.8 Å². The van der Waals surface area contributed by atoms with Crippen LogP contribution >= 0.6 is 11.3 Å². The van der Waals surface area contributed by atoms with Gasteiger partial charge in [0, 0.05) is 21.9 Å². The first-order valence-corrected chi connectivity index (χ1v) is 7.97. The Morgan fingerprint density at radius 3 is 2.80 bits per heavy atom. The van der Waals surface area contributed by atoms with Gasteiger partial charge in [0.25, 0.3) is 5.56 Å². The SMILES string of the molecule is CCc1ccc(Cn2ncc(NC3CCC3)cc2=O)s1. The van der Waals surface area contributed by atoms with Crippen molar-refractivity contribution >= 4 is 17.0 Å². The molecule has 106 valence electrons. The number of nitrogens with one attached hydrogen (secondary N) is 1. The second-order valence-corrected chi connectivity index (χ2v) is 6.49. The highest BCUT2D eigenvalue weighted by Crippen LogP contribution is 2.22. The van der Waals surface area contributed by atoms with Crippen LogP contribution in [0.15, 0.2) is 29.2 Å². The topological polar surface area (TPSA) is 46.9 Å². The number of aromatic nitrogens is 2. The quantitative estimate of drug-likeness (QED) is 0.920. The van der Waals surface area contributed by atoms with E-state index >= 15 is 0 Å². The molecule has 3 rings (SSSR count). The Morgan fingerprint density at radius 1 is 1.40 bits per heavy atom. The molecule has 0 unspecified atom stereocenters. The summed E-state index contributed by atoms with van der Waals surface area (Å²) in [6.07, 6.45) is 6.46. The van der Waals surface area contributed by atoms with E-state index in [-0.39, 0.29) is 5.56 Å². The summed E-state index contributed by atoms with van der Waals surface area (Å²) >= 11 is 1.75. The average molecular weight is 289 g/mol. The van der Waals surface area contributed by atoms with Crippen molar-refractivity contribution in [3.05, 3.63) is 44.5 Å². The molecular weight excluding hydrogens is 270 g/mol. The van der Waals surface area contributed by atoms with Crippen LogP contribution in [-0.4, -0.2) is 15.8 Å². The zero-order chi connectivity index (χ0) is 13.9. The van der Waals surface area contributed by atoms with E-state index in [2.05, 4.69) is 29.5 Å². The minimum atomic E-state index is -0.0410. The third-order valence-corrected chi connectivity index (χ3v) is 4.93. The fourth-order valence-electron chi connectivity index (χ4n) is 2.26. The second-order valence-electron chi connectivity index (χ2n) is 5.23. The molecule has 0 bridgehead atoms. The first kappa shape index (κ1) is 13.4.